The maximum absolute atomic E-state index is 13.1. The highest BCUT2D eigenvalue weighted by atomic mass is 19.4. The minimum Gasteiger partial charge on any atom is -0.357 e. The van der Waals surface area contributed by atoms with Gasteiger partial charge < -0.3 is 10.6 Å². The van der Waals surface area contributed by atoms with E-state index in [1.807, 2.05) is 18.2 Å². The Balaban J connectivity index is 1.49. The highest BCUT2D eigenvalue weighted by Gasteiger charge is 2.30. The van der Waals surface area contributed by atoms with E-state index in [1.165, 1.54) is 17.7 Å². The molecule has 0 atom stereocenters. The largest absolute Gasteiger partial charge is 0.416 e. The molecule has 2 amide bonds. The first kappa shape index (κ1) is 23.5. The first-order valence-electron chi connectivity index (χ1n) is 10.9. The van der Waals surface area contributed by atoms with Crippen LogP contribution in [0.25, 0.3) is 11.1 Å². The number of halogens is 3. The zero-order valence-electron chi connectivity index (χ0n) is 18.4. The lowest BCUT2D eigenvalue weighted by atomic mass is 9.97. The van der Waals surface area contributed by atoms with E-state index in [9.17, 15) is 22.8 Å². The molecule has 2 N–H and O–H groups in total. The lowest BCUT2D eigenvalue weighted by Gasteiger charge is -2.29. The van der Waals surface area contributed by atoms with Gasteiger partial charge in [0.05, 0.1) is 5.56 Å². The molecule has 1 aliphatic heterocycles. The van der Waals surface area contributed by atoms with Gasteiger partial charge in [-0.15, -0.1) is 0 Å². The van der Waals surface area contributed by atoms with Crippen molar-refractivity contribution in [2.75, 3.05) is 25.0 Å². The third-order valence-electron chi connectivity index (χ3n) is 5.91. The molecule has 3 aromatic rings. The number of hydrogen-bond donors (Lipinski definition) is 2. The van der Waals surface area contributed by atoms with Gasteiger partial charge in [-0.05, 0) is 59.0 Å². The Morgan fingerprint density at radius 1 is 1.00 bits per heavy atom. The van der Waals surface area contributed by atoms with Crippen LogP contribution in [-0.4, -0.2) is 36.9 Å². The smallest absolute Gasteiger partial charge is 0.357 e. The van der Waals surface area contributed by atoms with E-state index >= 15 is 0 Å². The second-order valence-electron chi connectivity index (χ2n) is 8.16. The van der Waals surface area contributed by atoms with Crippen molar-refractivity contribution in [1.29, 1.82) is 0 Å². The molecule has 0 radical (unpaired) electrons. The predicted octanol–water partition coefficient (Wildman–Crippen LogP) is 4.73. The third kappa shape index (κ3) is 5.46. The number of anilines is 1. The molecule has 1 heterocycles. The highest BCUT2D eigenvalue weighted by Crippen LogP contribution is 2.32. The second kappa shape index (κ2) is 10.1. The molecule has 0 aromatic heterocycles. The number of benzene rings is 3. The summed E-state index contributed by atoms with van der Waals surface area (Å²) in [7, 11) is 0. The normalized spacial score (nSPS) is 13.7. The van der Waals surface area contributed by atoms with Crippen molar-refractivity contribution >= 4 is 18.0 Å². The lowest BCUT2D eigenvalue weighted by molar-refractivity contribution is -0.137. The van der Waals surface area contributed by atoms with Gasteiger partial charge in [0, 0.05) is 37.4 Å². The fourth-order valence-electron chi connectivity index (χ4n) is 4.13. The van der Waals surface area contributed by atoms with Gasteiger partial charge in [-0.3, -0.25) is 14.5 Å². The van der Waals surface area contributed by atoms with Gasteiger partial charge in [-0.2, -0.15) is 13.2 Å². The Bertz CT molecular complexity index is 1180. The Morgan fingerprint density at radius 2 is 1.76 bits per heavy atom. The van der Waals surface area contributed by atoms with Crippen molar-refractivity contribution in [3.8, 4) is 11.1 Å². The first-order valence-corrected chi connectivity index (χ1v) is 10.9. The van der Waals surface area contributed by atoms with E-state index < -0.39 is 11.7 Å². The fourth-order valence-corrected chi connectivity index (χ4v) is 4.13. The summed E-state index contributed by atoms with van der Waals surface area (Å²) in [6, 6.07) is 17.5. The molecule has 0 spiro atoms. The van der Waals surface area contributed by atoms with Crippen LogP contribution in [-0.2, 0) is 23.9 Å². The molecule has 176 valence electrons. The molecule has 0 saturated carbocycles. The molecule has 0 bridgehead atoms. The average Bonchev–Trinajstić information content (AvgIpc) is 2.84. The fraction of sp³-hybridized carbons (Fsp3) is 0.231. The Morgan fingerprint density at radius 3 is 2.50 bits per heavy atom. The number of rotatable bonds is 7. The van der Waals surface area contributed by atoms with Gasteiger partial charge in [-0.25, -0.2) is 0 Å². The molecule has 0 unspecified atom stereocenters. The van der Waals surface area contributed by atoms with E-state index in [4.69, 9.17) is 0 Å². The molecule has 5 nitrogen and oxygen atoms in total. The third-order valence-corrected chi connectivity index (χ3v) is 5.91. The van der Waals surface area contributed by atoms with Crippen LogP contribution in [0.3, 0.4) is 0 Å². The summed E-state index contributed by atoms with van der Waals surface area (Å²) < 4.78 is 38.7. The Kier molecular flexibility index (Phi) is 6.98. The molecule has 0 saturated heterocycles. The number of amides is 2. The Hall–Kier alpha value is -3.65. The topological polar surface area (TPSA) is 61.4 Å². The van der Waals surface area contributed by atoms with E-state index in [-0.39, 0.29) is 5.91 Å². The van der Waals surface area contributed by atoms with Gasteiger partial charge in [0.25, 0.3) is 5.91 Å². The van der Waals surface area contributed by atoms with Crippen molar-refractivity contribution in [1.82, 2.24) is 10.2 Å². The molecule has 0 fully saturated rings. The molecule has 34 heavy (non-hydrogen) atoms. The van der Waals surface area contributed by atoms with Crippen molar-refractivity contribution in [2.45, 2.75) is 19.1 Å². The summed E-state index contributed by atoms with van der Waals surface area (Å²) in [5.41, 5.74) is 3.76. The number of fused-ring (bicyclic) bond motifs is 1. The van der Waals surface area contributed by atoms with Crippen LogP contribution in [0.4, 0.5) is 18.9 Å². The van der Waals surface area contributed by atoms with Crippen LogP contribution >= 0.6 is 0 Å². The van der Waals surface area contributed by atoms with Gasteiger partial charge >= 0.3 is 6.18 Å². The SMILES string of the molecule is O=CNCCN1CCc2cc(NC(=O)c3ccccc3-c3ccc(C(F)(F)F)cc3)ccc2C1. The van der Waals surface area contributed by atoms with E-state index in [0.29, 0.717) is 35.3 Å². The standard InChI is InChI=1S/C26H24F3N3O2/c27-26(28,29)21-8-5-18(6-9-21)23-3-1-2-4-24(23)25(34)31-22-10-7-20-16-32(14-12-30-17-33)13-11-19(20)15-22/h1-10,15,17H,11-14,16H2,(H,30,33)(H,31,34). The molecular weight excluding hydrogens is 443 g/mol. The summed E-state index contributed by atoms with van der Waals surface area (Å²) in [6.07, 6.45) is -2.88. The van der Waals surface area contributed by atoms with Crippen LogP contribution in [0.1, 0.15) is 27.0 Å². The average molecular weight is 467 g/mol. The van der Waals surface area contributed by atoms with Crippen LogP contribution in [0.2, 0.25) is 0 Å². The maximum Gasteiger partial charge on any atom is 0.416 e. The zero-order valence-corrected chi connectivity index (χ0v) is 18.4. The van der Waals surface area contributed by atoms with E-state index in [2.05, 4.69) is 15.5 Å². The van der Waals surface area contributed by atoms with Crippen molar-refractivity contribution in [3.63, 3.8) is 0 Å². The Labute approximate surface area is 195 Å². The summed E-state index contributed by atoms with van der Waals surface area (Å²) in [4.78, 5) is 25.7. The quantitative estimate of drug-likeness (QED) is 0.390. The molecule has 0 aliphatic carbocycles. The number of hydrogen-bond acceptors (Lipinski definition) is 3. The zero-order chi connectivity index (χ0) is 24.1. The number of nitrogens with one attached hydrogen (secondary N) is 2. The van der Waals surface area contributed by atoms with Gasteiger partial charge in [-0.1, -0.05) is 36.4 Å². The van der Waals surface area contributed by atoms with Crippen molar-refractivity contribution in [3.05, 3.63) is 89.0 Å². The van der Waals surface area contributed by atoms with Gasteiger partial charge in [0.1, 0.15) is 0 Å². The van der Waals surface area contributed by atoms with Crippen molar-refractivity contribution < 1.29 is 22.8 Å². The minimum absolute atomic E-state index is 0.326. The molecule has 3 aromatic carbocycles. The molecule has 4 rings (SSSR count). The van der Waals surface area contributed by atoms with Crippen molar-refractivity contribution in [2.24, 2.45) is 0 Å². The maximum atomic E-state index is 13.1. The van der Waals surface area contributed by atoms with Crippen LogP contribution in [0.5, 0.6) is 0 Å². The second-order valence-corrected chi connectivity index (χ2v) is 8.16. The molecule has 8 heteroatoms. The highest BCUT2D eigenvalue weighted by molar-refractivity contribution is 6.08. The van der Waals surface area contributed by atoms with Crippen LogP contribution < -0.4 is 10.6 Å². The van der Waals surface area contributed by atoms with Crippen LogP contribution in [0.15, 0.2) is 66.7 Å². The van der Waals surface area contributed by atoms with E-state index in [0.717, 1.165) is 43.8 Å². The van der Waals surface area contributed by atoms with Gasteiger partial charge in [0.2, 0.25) is 6.41 Å². The number of alkyl halides is 3. The van der Waals surface area contributed by atoms with Crippen LogP contribution in [0, 0.1) is 0 Å². The molecular formula is C26H24F3N3O2. The van der Waals surface area contributed by atoms with E-state index in [1.54, 1.807) is 24.3 Å². The number of nitrogens with zero attached hydrogens (tertiary/aromatic N) is 1. The number of carbonyl (C=O) groups is 2. The summed E-state index contributed by atoms with van der Waals surface area (Å²) in [5.74, 6) is -0.326. The summed E-state index contributed by atoms with van der Waals surface area (Å²) >= 11 is 0. The minimum atomic E-state index is -4.41. The number of carbonyl (C=O) groups excluding carboxylic acids is 2. The summed E-state index contributed by atoms with van der Waals surface area (Å²) in [5, 5.41) is 5.60. The predicted molar refractivity (Wildman–Crippen MR) is 124 cm³/mol. The molecule has 1 aliphatic rings. The lowest BCUT2D eigenvalue weighted by Crippen LogP contribution is -2.35. The van der Waals surface area contributed by atoms with Gasteiger partial charge in [0.15, 0.2) is 0 Å². The first-order chi connectivity index (χ1) is 16.3. The monoisotopic (exact) mass is 467 g/mol. The summed E-state index contributed by atoms with van der Waals surface area (Å²) in [6.45, 7) is 3.02.